The zero-order chi connectivity index (χ0) is 23.7. The number of carbonyl (C=O) groups excluding carboxylic acids is 1. The Morgan fingerprint density at radius 1 is 1.22 bits per heavy atom. The molecule has 0 unspecified atom stereocenters. The van der Waals surface area contributed by atoms with Crippen molar-refractivity contribution in [3.8, 4) is 16.2 Å². The highest BCUT2D eigenvalue weighted by Gasteiger charge is 2.38. The van der Waals surface area contributed by atoms with Gasteiger partial charge in [0.15, 0.2) is 17.2 Å². The van der Waals surface area contributed by atoms with Gasteiger partial charge in [0.1, 0.15) is 0 Å². The summed E-state index contributed by atoms with van der Waals surface area (Å²) in [5.74, 6) is -1.50. The first-order chi connectivity index (χ1) is 14.9. The summed E-state index contributed by atoms with van der Waals surface area (Å²) in [6.45, 7) is 8.76. The van der Waals surface area contributed by atoms with Gasteiger partial charge in [-0.3, -0.25) is 0 Å². The third kappa shape index (κ3) is 5.84. The summed E-state index contributed by atoms with van der Waals surface area (Å²) in [6, 6.07) is 8.39. The van der Waals surface area contributed by atoms with E-state index in [2.05, 4.69) is 48.9 Å². The predicted octanol–water partition coefficient (Wildman–Crippen LogP) is 6.44. The van der Waals surface area contributed by atoms with Crippen molar-refractivity contribution in [1.82, 2.24) is 0 Å². The number of rotatable bonds is 7. The molecule has 0 aliphatic heterocycles. The van der Waals surface area contributed by atoms with E-state index in [1.807, 2.05) is 24.3 Å². The molecule has 32 heavy (non-hydrogen) atoms. The number of anilines is 1. The van der Waals surface area contributed by atoms with Gasteiger partial charge in [-0.25, -0.2) is 9.59 Å². The number of esters is 1. The lowest BCUT2D eigenvalue weighted by Gasteiger charge is -2.45. The molecule has 3 rings (SSSR count). The number of methoxy groups -OCH3 is 1. The van der Waals surface area contributed by atoms with Gasteiger partial charge in [-0.05, 0) is 63.7 Å². The van der Waals surface area contributed by atoms with Gasteiger partial charge in [0, 0.05) is 11.7 Å². The van der Waals surface area contributed by atoms with Gasteiger partial charge in [-0.15, -0.1) is 11.3 Å². The number of carboxylic acid groups (broad SMARTS) is 1. The molecule has 174 valence electrons. The lowest BCUT2D eigenvalue weighted by atomic mass is 9.63. The number of thiophene rings is 1. The molecule has 2 aromatic rings. The van der Waals surface area contributed by atoms with Crippen LogP contribution >= 0.6 is 27.3 Å². The van der Waals surface area contributed by atoms with Crippen LogP contribution in [0.1, 0.15) is 56.6 Å². The highest BCUT2D eigenvalue weighted by atomic mass is 79.9. The smallest absolute Gasteiger partial charge is 0.351 e. The van der Waals surface area contributed by atoms with Crippen LogP contribution in [0.5, 0.6) is 5.75 Å². The highest BCUT2D eigenvalue weighted by molar-refractivity contribution is 9.10. The zero-order valence-electron chi connectivity index (χ0n) is 19.1. The molecular formula is C24H30BrNO5S. The molecular weight excluding hydrogens is 494 g/mol. The van der Waals surface area contributed by atoms with Gasteiger partial charge in [0.2, 0.25) is 0 Å². The number of hydrogen-bond donors (Lipinski definition) is 2. The summed E-state index contributed by atoms with van der Waals surface area (Å²) >= 11 is 4.71. The quantitative estimate of drug-likeness (QED) is 0.406. The fourth-order valence-electron chi connectivity index (χ4n) is 5.01. The van der Waals surface area contributed by atoms with Crippen molar-refractivity contribution < 1.29 is 24.2 Å². The summed E-state index contributed by atoms with van der Waals surface area (Å²) < 4.78 is 10.8. The molecule has 0 bridgehead atoms. The van der Waals surface area contributed by atoms with Gasteiger partial charge in [0.05, 0.1) is 16.5 Å². The maximum Gasteiger partial charge on any atom is 0.351 e. The lowest BCUT2D eigenvalue weighted by Crippen LogP contribution is -2.40. The van der Waals surface area contributed by atoms with E-state index < -0.39 is 18.5 Å². The minimum Gasteiger partial charge on any atom is -0.479 e. The Morgan fingerprint density at radius 2 is 1.88 bits per heavy atom. The SMILES string of the molecule is COC(=O)c1sc(-c2cccc(NC3CC(C)(C)CC(C)(C)C3)c2)c(Br)c1OCC(=O)O. The predicted molar refractivity (Wildman–Crippen MR) is 131 cm³/mol. The molecule has 8 heteroatoms. The maximum absolute atomic E-state index is 12.3. The van der Waals surface area contributed by atoms with E-state index in [1.54, 1.807) is 0 Å². The van der Waals surface area contributed by atoms with Crippen molar-refractivity contribution in [3.63, 3.8) is 0 Å². The van der Waals surface area contributed by atoms with Crippen molar-refractivity contribution in [2.24, 2.45) is 10.8 Å². The molecule has 0 spiro atoms. The molecule has 1 aliphatic rings. The van der Waals surface area contributed by atoms with Crippen molar-refractivity contribution >= 4 is 44.9 Å². The van der Waals surface area contributed by atoms with E-state index in [0.717, 1.165) is 29.0 Å². The molecule has 0 radical (unpaired) electrons. The number of hydrogen-bond acceptors (Lipinski definition) is 6. The van der Waals surface area contributed by atoms with Crippen molar-refractivity contribution in [2.75, 3.05) is 19.0 Å². The largest absolute Gasteiger partial charge is 0.479 e. The Hall–Kier alpha value is -2.06. The van der Waals surface area contributed by atoms with Gasteiger partial charge < -0.3 is 19.9 Å². The first kappa shape index (κ1) is 24.6. The lowest BCUT2D eigenvalue weighted by molar-refractivity contribution is -0.139. The van der Waals surface area contributed by atoms with Gasteiger partial charge in [-0.2, -0.15) is 0 Å². The van der Waals surface area contributed by atoms with Crippen LogP contribution in [-0.2, 0) is 9.53 Å². The molecule has 6 nitrogen and oxygen atoms in total. The molecule has 2 N–H and O–H groups in total. The van der Waals surface area contributed by atoms with Crippen molar-refractivity contribution in [1.29, 1.82) is 0 Å². The number of nitrogens with one attached hydrogen (secondary N) is 1. The Bertz CT molecular complexity index is 998. The fraction of sp³-hybridized carbons (Fsp3) is 0.500. The third-order valence-electron chi connectivity index (χ3n) is 5.57. The number of halogens is 1. The Labute approximate surface area is 201 Å². The molecule has 1 heterocycles. The van der Waals surface area contributed by atoms with Crippen LogP contribution in [0.15, 0.2) is 28.7 Å². The number of aliphatic carboxylic acids is 1. The first-order valence-corrected chi connectivity index (χ1v) is 12.1. The molecule has 1 aromatic heterocycles. The molecule has 0 amide bonds. The maximum atomic E-state index is 12.3. The van der Waals surface area contributed by atoms with Gasteiger partial charge >= 0.3 is 11.9 Å². The average molecular weight is 524 g/mol. The molecule has 0 atom stereocenters. The summed E-state index contributed by atoms with van der Waals surface area (Å²) in [6.07, 6.45) is 3.40. The molecule has 1 aromatic carbocycles. The molecule has 1 saturated carbocycles. The van der Waals surface area contributed by atoms with Crippen molar-refractivity contribution in [3.05, 3.63) is 33.6 Å². The second kappa shape index (κ2) is 9.43. The van der Waals surface area contributed by atoms with E-state index >= 15 is 0 Å². The average Bonchev–Trinajstić information content (AvgIpc) is 2.99. The normalized spacial score (nSPS) is 17.6. The van der Waals surface area contributed by atoms with Crippen molar-refractivity contribution in [2.45, 2.75) is 53.0 Å². The Kier molecular flexibility index (Phi) is 7.25. The van der Waals surface area contributed by atoms with E-state index in [1.165, 1.54) is 24.9 Å². The van der Waals surface area contributed by atoms with Crippen LogP contribution in [-0.4, -0.2) is 36.8 Å². The van der Waals surface area contributed by atoms with E-state index in [-0.39, 0.29) is 21.5 Å². The van der Waals surface area contributed by atoms with E-state index in [4.69, 9.17) is 14.6 Å². The number of benzene rings is 1. The third-order valence-corrected chi connectivity index (χ3v) is 7.79. The van der Waals surface area contributed by atoms with Gasteiger partial charge in [-0.1, -0.05) is 39.8 Å². The minimum atomic E-state index is -1.12. The Morgan fingerprint density at radius 3 is 2.47 bits per heavy atom. The van der Waals surface area contributed by atoms with Crippen LogP contribution in [0.4, 0.5) is 5.69 Å². The van der Waals surface area contributed by atoms with Crippen LogP contribution in [0.25, 0.3) is 10.4 Å². The molecule has 1 fully saturated rings. The van der Waals surface area contributed by atoms with Crippen LogP contribution in [0.2, 0.25) is 0 Å². The minimum absolute atomic E-state index is 0.188. The first-order valence-electron chi connectivity index (χ1n) is 10.5. The van der Waals surface area contributed by atoms with Crippen LogP contribution < -0.4 is 10.1 Å². The summed E-state index contributed by atoms with van der Waals surface area (Å²) in [7, 11) is 1.29. The second-order valence-corrected chi connectivity index (χ2v) is 11.7. The van der Waals surface area contributed by atoms with Crippen LogP contribution in [0.3, 0.4) is 0 Å². The highest BCUT2D eigenvalue weighted by Crippen LogP contribution is 2.48. The zero-order valence-corrected chi connectivity index (χ0v) is 21.5. The second-order valence-electron chi connectivity index (χ2n) is 9.91. The molecule has 1 aliphatic carbocycles. The molecule has 0 saturated heterocycles. The Balaban J connectivity index is 1.90. The van der Waals surface area contributed by atoms with Crippen LogP contribution in [0, 0.1) is 10.8 Å². The number of carboxylic acids is 1. The summed E-state index contributed by atoms with van der Waals surface area (Å²) in [5, 5.41) is 12.7. The monoisotopic (exact) mass is 523 g/mol. The van der Waals surface area contributed by atoms with E-state index in [0.29, 0.717) is 10.5 Å². The standard InChI is InChI=1S/C24H30BrNO5S/c1-23(2)10-16(11-24(3,4)13-23)26-15-8-6-7-14(9-15)20-18(25)19(31-12-17(27)28)21(32-20)22(29)30-5/h6-9,16,26H,10-13H2,1-5H3,(H,27,28). The topological polar surface area (TPSA) is 84.9 Å². The van der Waals surface area contributed by atoms with Gasteiger partial charge in [0.25, 0.3) is 0 Å². The van der Waals surface area contributed by atoms with E-state index in [9.17, 15) is 9.59 Å². The fourth-order valence-corrected chi connectivity index (χ4v) is 6.97. The summed E-state index contributed by atoms with van der Waals surface area (Å²) in [5.41, 5.74) is 2.46. The number of carbonyl (C=O) groups is 2. The number of ether oxygens (including phenoxy) is 2. The summed E-state index contributed by atoms with van der Waals surface area (Å²) in [4.78, 5) is 24.2.